The third-order valence-electron chi connectivity index (χ3n) is 6.41. The van der Waals surface area contributed by atoms with E-state index in [1.165, 1.54) is 4.90 Å². The SMILES string of the molecule is CNC(=O)/C(Nc1ccc(Br)cc1)=C1\C=C(C2CC2)C(N(CCCN2C(=O)CCC2=O)SC)=CC1=N. The molecular weight excluding hydrogens is 542 g/mol. The Morgan fingerprint density at radius 2 is 1.83 bits per heavy atom. The zero-order valence-corrected chi connectivity index (χ0v) is 22.8. The third kappa shape index (κ3) is 5.92. The fraction of sp³-hybridized carbons (Fsp3) is 0.385. The Morgan fingerprint density at radius 3 is 2.42 bits per heavy atom. The zero-order chi connectivity index (χ0) is 25.8. The van der Waals surface area contributed by atoms with Gasteiger partial charge in [-0.15, -0.1) is 0 Å². The minimum Gasteiger partial charge on any atom is -0.354 e. The van der Waals surface area contributed by atoms with Crippen molar-refractivity contribution in [1.82, 2.24) is 14.5 Å². The van der Waals surface area contributed by atoms with Crippen molar-refractivity contribution in [3.8, 4) is 0 Å². The fourth-order valence-electron chi connectivity index (χ4n) is 4.35. The minimum atomic E-state index is -0.289. The van der Waals surface area contributed by atoms with Crippen molar-refractivity contribution in [1.29, 1.82) is 5.41 Å². The van der Waals surface area contributed by atoms with E-state index in [1.807, 2.05) is 42.7 Å². The average Bonchev–Trinajstić information content (AvgIpc) is 3.67. The predicted octanol–water partition coefficient (Wildman–Crippen LogP) is 4.23. The van der Waals surface area contributed by atoms with E-state index in [4.69, 9.17) is 5.41 Å². The molecule has 0 bridgehead atoms. The first-order chi connectivity index (χ1) is 17.3. The van der Waals surface area contributed by atoms with Gasteiger partial charge in [0.25, 0.3) is 5.91 Å². The number of carbonyl (C=O) groups excluding carboxylic acids is 3. The van der Waals surface area contributed by atoms with Crippen LogP contribution in [0.5, 0.6) is 0 Å². The van der Waals surface area contributed by atoms with Crippen LogP contribution in [0.3, 0.4) is 0 Å². The molecule has 1 heterocycles. The number of allylic oxidation sites excluding steroid dienone is 4. The monoisotopic (exact) mass is 571 g/mol. The molecular formula is C26H30BrN5O3S. The summed E-state index contributed by atoms with van der Waals surface area (Å²) in [6, 6.07) is 7.53. The molecule has 1 aliphatic heterocycles. The molecule has 190 valence electrons. The Balaban J connectivity index is 1.58. The van der Waals surface area contributed by atoms with Gasteiger partial charge in [0.15, 0.2) is 0 Å². The second kappa shape index (κ2) is 11.5. The Morgan fingerprint density at radius 1 is 1.17 bits per heavy atom. The molecule has 1 saturated heterocycles. The van der Waals surface area contributed by atoms with Crippen molar-refractivity contribution < 1.29 is 14.4 Å². The van der Waals surface area contributed by atoms with Crippen LogP contribution in [-0.4, -0.2) is 59.0 Å². The van der Waals surface area contributed by atoms with Crippen LogP contribution >= 0.6 is 27.9 Å². The first-order valence-electron chi connectivity index (χ1n) is 12.0. The van der Waals surface area contributed by atoms with E-state index in [9.17, 15) is 14.4 Å². The van der Waals surface area contributed by atoms with E-state index in [0.717, 1.165) is 34.3 Å². The number of benzene rings is 1. The topological polar surface area (TPSA) is 106 Å². The highest BCUT2D eigenvalue weighted by atomic mass is 79.9. The standard InChI is InChI=1S/C26H30BrN5O3S/c1-29-26(35)25(30-18-8-6-17(27)7-9-18)20-14-19(16-4-5-16)22(15-21(20)28)32(36-2)13-3-12-31-23(33)10-11-24(31)34/h6-9,14-16,28,30H,3-5,10-13H2,1-2H3,(H,29,35)/b25-20-,28-21?. The van der Waals surface area contributed by atoms with Gasteiger partial charge in [0.05, 0.1) is 11.4 Å². The number of carbonyl (C=O) groups is 3. The molecule has 0 aromatic heterocycles. The Hall–Kier alpha value is -2.85. The second-order valence-corrected chi connectivity index (χ2v) is 10.6. The maximum Gasteiger partial charge on any atom is 0.268 e. The highest BCUT2D eigenvalue weighted by Gasteiger charge is 2.34. The maximum absolute atomic E-state index is 12.9. The van der Waals surface area contributed by atoms with Gasteiger partial charge < -0.3 is 20.3 Å². The highest BCUT2D eigenvalue weighted by Crippen LogP contribution is 2.44. The van der Waals surface area contributed by atoms with Crippen LogP contribution in [-0.2, 0) is 14.4 Å². The van der Waals surface area contributed by atoms with Gasteiger partial charge in [0, 0.05) is 55.0 Å². The summed E-state index contributed by atoms with van der Waals surface area (Å²) in [5, 5.41) is 14.7. The van der Waals surface area contributed by atoms with E-state index in [0.29, 0.717) is 49.5 Å². The van der Waals surface area contributed by atoms with E-state index in [2.05, 4.69) is 30.9 Å². The molecule has 1 saturated carbocycles. The van der Waals surface area contributed by atoms with Gasteiger partial charge in [-0.05, 0) is 67.2 Å². The van der Waals surface area contributed by atoms with Crippen LogP contribution in [0.2, 0.25) is 0 Å². The van der Waals surface area contributed by atoms with Gasteiger partial charge in [0.2, 0.25) is 11.8 Å². The van der Waals surface area contributed by atoms with Crippen molar-refractivity contribution in [3.63, 3.8) is 0 Å². The number of likely N-dealkylation sites (tertiary alicyclic amines) is 1. The number of likely N-dealkylation sites (N-methyl/N-ethyl adjacent to an activating group) is 1. The molecule has 36 heavy (non-hydrogen) atoms. The van der Waals surface area contributed by atoms with Gasteiger partial charge in [-0.3, -0.25) is 19.3 Å². The first-order valence-corrected chi connectivity index (χ1v) is 14.0. The van der Waals surface area contributed by atoms with Crippen molar-refractivity contribution in [2.75, 3.05) is 31.7 Å². The molecule has 0 spiro atoms. The molecule has 3 N–H and O–H groups in total. The number of halogens is 1. The summed E-state index contributed by atoms with van der Waals surface area (Å²) in [5.74, 6) is -0.0950. The molecule has 10 heteroatoms. The molecule has 2 aliphatic carbocycles. The van der Waals surface area contributed by atoms with Crippen LogP contribution in [0.15, 0.2) is 63.4 Å². The van der Waals surface area contributed by atoms with Gasteiger partial charge in [-0.2, -0.15) is 0 Å². The van der Waals surface area contributed by atoms with Crippen LogP contribution in [0.4, 0.5) is 5.69 Å². The van der Waals surface area contributed by atoms with Gasteiger partial charge >= 0.3 is 0 Å². The van der Waals surface area contributed by atoms with Crippen molar-refractivity contribution >= 4 is 57.0 Å². The molecule has 4 rings (SSSR count). The van der Waals surface area contributed by atoms with Crippen LogP contribution in [0.1, 0.15) is 32.1 Å². The van der Waals surface area contributed by atoms with E-state index < -0.39 is 0 Å². The number of nitrogens with one attached hydrogen (secondary N) is 3. The normalized spacial score (nSPS) is 19.2. The largest absolute Gasteiger partial charge is 0.354 e. The first kappa shape index (κ1) is 26.2. The number of amides is 3. The molecule has 1 aromatic rings. The average molecular weight is 573 g/mol. The Labute approximate surface area is 224 Å². The molecule has 3 aliphatic rings. The van der Waals surface area contributed by atoms with Crippen LogP contribution in [0.25, 0.3) is 0 Å². The third-order valence-corrected chi connectivity index (χ3v) is 7.76. The predicted molar refractivity (Wildman–Crippen MR) is 146 cm³/mol. The van der Waals surface area contributed by atoms with Gasteiger partial charge in [-0.1, -0.05) is 27.9 Å². The Kier molecular flexibility index (Phi) is 8.35. The zero-order valence-electron chi connectivity index (χ0n) is 20.4. The van der Waals surface area contributed by atoms with E-state index in [1.54, 1.807) is 19.0 Å². The van der Waals surface area contributed by atoms with E-state index in [-0.39, 0.29) is 23.4 Å². The quantitative estimate of drug-likeness (QED) is 0.220. The molecule has 2 fully saturated rings. The maximum atomic E-state index is 12.9. The van der Waals surface area contributed by atoms with Crippen LogP contribution < -0.4 is 10.6 Å². The van der Waals surface area contributed by atoms with Gasteiger partial charge in [-0.25, -0.2) is 0 Å². The number of hydrogen-bond donors (Lipinski definition) is 3. The summed E-state index contributed by atoms with van der Waals surface area (Å²) in [6.45, 7) is 1.05. The van der Waals surface area contributed by atoms with Crippen molar-refractivity contribution in [2.24, 2.45) is 5.92 Å². The van der Waals surface area contributed by atoms with E-state index >= 15 is 0 Å². The molecule has 1 aromatic carbocycles. The number of nitrogens with zero attached hydrogens (tertiary/aromatic N) is 2. The number of hydrogen-bond acceptors (Lipinski definition) is 7. The Bertz CT molecular complexity index is 1150. The van der Waals surface area contributed by atoms with Gasteiger partial charge in [0.1, 0.15) is 5.70 Å². The number of rotatable bonds is 10. The lowest BCUT2D eigenvalue weighted by Gasteiger charge is -2.30. The van der Waals surface area contributed by atoms with Crippen molar-refractivity contribution in [3.05, 3.63) is 63.4 Å². The minimum absolute atomic E-state index is 0.0947. The summed E-state index contributed by atoms with van der Waals surface area (Å²) in [5.41, 5.74) is 3.96. The second-order valence-electron chi connectivity index (χ2n) is 8.89. The lowest BCUT2D eigenvalue weighted by atomic mass is 9.92. The fourth-order valence-corrected chi connectivity index (χ4v) is 5.28. The lowest BCUT2D eigenvalue weighted by Crippen LogP contribution is -2.32. The number of anilines is 1. The molecule has 0 radical (unpaired) electrons. The molecule has 0 atom stereocenters. The summed E-state index contributed by atoms with van der Waals surface area (Å²) >= 11 is 4.99. The molecule has 3 amide bonds. The van der Waals surface area contributed by atoms with Crippen LogP contribution in [0, 0.1) is 11.3 Å². The highest BCUT2D eigenvalue weighted by molar-refractivity contribution is 9.10. The lowest BCUT2D eigenvalue weighted by molar-refractivity contribution is -0.138. The smallest absolute Gasteiger partial charge is 0.268 e. The summed E-state index contributed by atoms with van der Waals surface area (Å²) < 4.78 is 3.06. The summed E-state index contributed by atoms with van der Waals surface area (Å²) in [7, 11) is 1.58. The number of imide groups is 1. The van der Waals surface area contributed by atoms with Crippen molar-refractivity contribution in [2.45, 2.75) is 32.1 Å². The molecule has 8 nitrogen and oxygen atoms in total. The molecule has 0 unspecified atom stereocenters. The summed E-state index contributed by atoms with van der Waals surface area (Å²) in [6.07, 6.45) is 9.19. The summed E-state index contributed by atoms with van der Waals surface area (Å²) in [4.78, 5) is 38.1.